The van der Waals surface area contributed by atoms with Crippen LogP contribution < -0.4 is 5.43 Å². The van der Waals surface area contributed by atoms with E-state index in [1.54, 1.807) is 13.8 Å². The summed E-state index contributed by atoms with van der Waals surface area (Å²) in [5, 5.41) is 17.8. The number of carbonyl (C=O) groups excluding carboxylic acids is 1. The van der Waals surface area contributed by atoms with Crippen LogP contribution >= 0.6 is 11.3 Å². The van der Waals surface area contributed by atoms with Gasteiger partial charge < -0.3 is 0 Å². The highest BCUT2D eigenvalue weighted by atomic mass is 32.1. The molecule has 2 aromatic heterocycles. The Kier molecular flexibility index (Phi) is 4.31. The molecule has 22 heavy (non-hydrogen) atoms. The molecule has 2 rings (SSSR count). The van der Waals surface area contributed by atoms with Crippen LogP contribution in [0.4, 0.5) is 10.1 Å². The van der Waals surface area contributed by atoms with Crippen LogP contribution in [0.1, 0.15) is 18.7 Å². The zero-order chi connectivity index (χ0) is 16.3. The number of nitro groups is 1. The first kappa shape index (κ1) is 15.8. The number of nitrogens with one attached hydrogen (secondary N) is 1. The number of thiophene rings is 1. The fourth-order valence-electron chi connectivity index (χ4n) is 1.51. The summed E-state index contributed by atoms with van der Waals surface area (Å²) in [6.07, 6.45) is 3.54. The number of hydrogen-bond acceptors (Lipinski definition) is 6. The summed E-state index contributed by atoms with van der Waals surface area (Å²) in [6, 6.07) is 2.82. The normalized spacial score (nSPS) is 11.8. The maximum atomic E-state index is 12.8. The fourth-order valence-corrected chi connectivity index (χ4v) is 2.11. The van der Waals surface area contributed by atoms with Gasteiger partial charge in [0.25, 0.3) is 5.91 Å². The van der Waals surface area contributed by atoms with Crippen molar-refractivity contribution in [1.82, 2.24) is 15.2 Å². The molecule has 1 N–H and O–H groups in total. The summed E-state index contributed by atoms with van der Waals surface area (Å²) in [4.78, 5) is 22.7. The third kappa shape index (κ3) is 3.34. The molecule has 0 saturated carbocycles. The first-order chi connectivity index (χ1) is 10.3. The number of amides is 1. The van der Waals surface area contributed by atoms with Crippen LogP contribution in [0.2, 0.25) is 0 Å². The van der Waals surface area contributed by atoms with E-state index < -0.39 is 16.4 Å². The Balaban J connectivity index is 2.06. The molecule has 0 aromatic carbocycles. The summed E-state index contributed by atoms with van der Waals surface area (Å²) in [5.41, 5.74) is 0.918. The van der Waals surface area contributed by atoms with Crippen molar-refractivity contribution in [2.75, 3.05) is 0 Å². The maximum absolute atomic E-state index is 12.8. The Morgan fingerprint density at radius 2 is 2.32 bits per heavy atom. The van der Waals surface area contributed by atoms with Crippen LogP contribution in [0.25, 0.3) is 0 Å². The average Bonchev–Trinajstić information content (AvgIpc) is 3.08. The van der Waals surface area contributed by atoms with Crippen molar-refractivity contribution < 1.29 is 14.1 Å². The SMILES string of the molecule is CC(C)(C(=O)NN=Cc1ccc(F)s1)n1cc([N+](=O)[O-])cn1. The molecule has 0 saturated heterocycles. The second-order valence-electron chi connectivity index (χ2n) is 4.80. The van der Waals surface area contributed by atoms with Crippen molar-refractivity contribution in [3.63, 3.8) is 0 Å². The topological polar surface area (TPSA) is 102 Å². The summed E-state index contributed by atoms with van der Waals surface area (Å²) >= 11 is 0.890. The first-order valence-electron chi connectivity index (χ1n) is 6.09. The number of nitrogens with zero attached hydrogens (tertiary/aromatic N) is 4. The summed E-state index contributed by atoms with van der Waals surface area (Å²) in [6.45, 7) is 3.08. The highest BCUT2D eigenvalue weighted by molar-refractivity contribution is 7.12. The third-order valence-electron chi connectivity index (χ3n) is 2.86. The predicted octanol–water partition coefficient (Wildman–Crippen LogP) is 1.88. The van der Waals surface area contributed by atoms with Crippen molar-refractivity contribution >= 4 is 29.1 Å². The molecule has 0 atom stereocenters. The molecule has 0 aliphatic carbocycles. The number of carbonyl (C=O) groups is 1. The minimum Gasteiger partial charge on any atom is -0.270 e. The molecule has 0 aliphatic rings. The summed E-state index contributed by atoms with van der Waals surface area (Å²) in [7, 11) is 0. The molecular formula is C12H12FN5O3S. The monoisotopic (exact) mass is 325 g/mol. The zero-order valence-electron chi connectivity index (χ0n) is 11.7. The van der Waals surface area contributed by atoms with Crippen molar-refractivity contribution in [1.29, 1.82) is 0 Å². The van der Waals surface area contributed by atoms with Crippen molar-refractivity contribution in [2.24, 2.45) is 5.10 Å². The molecule has 2 heterocycles. The minimum atomic E-state index is -1.17. The third-order valence-corrected chi connectivity index (χ3v) is 3.67. The van der Waals surface area contributed by atoms with E-state index in [1.165, 1.54) is 23.0 Å². The van der Waals surface area contributed by atoms with E-state index in [1.807, 2.05) is 0 Å². The van der Waals surface area contributed by atoms with E-state index in [0.717, 1.165) is 23.7 Å². The largest absolute Gasteiger partial charge is 0.307 e. The molecular weight excluding hydrogens is 313 g/mol. The van der Waals surface area contributed by atoms with E-state index >= 15 is 0 Å². The smallest absolute Gasteiger partial charge is 0.270 e. The first-order valence-corrected chi connectivity index (χ1v) is 6.91. The van der Waals surface area contributed by atoms with E-state index in [2.05, 4.69) is 15.6 Å². The van der Waals surface area contributed by atoms with Gasteiger partial charge in [-0.2, -0.15) is 14.6 Å². The van der Waals surface area contributed by atoms with Crippen molar-refractivity contribution in [3.05, 3.63) is 44.6 Å². The lowest BCUT2D eigenvalue weighted by molar-refractivity contribution is -0.385. The van der Waals surface area contributed by atoms with Crippen LogP contribution in [0.3, 0.4) is 0 Å². The lowest BCUT2D eigenvalue weighted by atomic mass is 10.1. The Morgan fingerprint density at radius 1 is 1.59 bits per heavy atom. The molecule has 0 bridgehead atoms. The van der Waals surface area contributed by atoms with Crippen LogP contribution in [-0.2, 0) is 10.3 Å². The molecule has 1 amide bonds. The maximum Gasteiger partial charge on any atom is 0.307 e. The van der Waals surface area contributed by atoms with E-state index in [-0.39, 0.29) is 10.8 Å². The molecule has 0 aliphatic heterocycles. The molecule has 0 spiro atoms. The minimum absolute atomic E-state index is 0.210. The number of hydrogen-bond donors (Lipinski definition) is 1. The average molecular weight is 325 g/mol. The van der Waals surface area contributed by atoms with E-state index in [4.69, 9.17) is 0 Å². The quantitative estimate of drug-likeness (QED) is 0.515. The van der Waals surface area contributed by atoms with Gasteiger partial charge in [0.2, 0.25) is 0 Å². The van der Waals surface area contributed by atoms with Gasteiger partial charge in [0.1, 0.15) is 17.9 Å². The second-order valence-corrected chi connectivity index (χ2v) is 5.87. The van der Waals surface area contributed by atoms with Crippen molar-refractivity contribution in [3.8, 4) is 0 Å². The Bertz CT molecular complexity index is 737. The zero-order valence-corrected chi connectivity index (χ0v) is 12.5. The fraction of sp³-hybridized carbons (Fsp3) is 0.250. The van der Waals surface area contributed by atoms with Crippen LogP contribution in [0, 0.1) is 15.2 Å². The van der Waals surface area contributed by atoms with Gasteiger partial charge in [-0.15, -0.1) is 11.3 Å². The van der Waals surface area contributed by atoms with Gasteiger partial charge in [0, 0.05) is 0 Å². The molecule has 0 radical (unpaired) electrons. The Labute approximate surface area is 128 Å². The number of rotatable bonds is 5. The Morgan fingerprint density at radius 3 is 2.86 bits per heavy atom. The molecule has 2 aromatic rings. The summed E-state index contributed by atoms with van der Waals surface area (Å²) < 4.78 is 14.0. The van der Waals surface area contributed by atoms with Crippen LogP contribution in [0.5, 0.6) is 0 Å². The number of aromatic nitrogens is 2. The number of halogens is 1. The van der Waals surface area contributed by atoms with Gasteiger partial charge in [-0.1, -0.05) is 0 Å². The van der Waals surface area contributed by atoms with Gasteiger partial charge in [0.05, 0.1) is 16.0 Å². The second kappa shape index (κ2) is 6.02. The van der Waals surface area contributed by atoms with Crippen LogP contribution in [-0.4, -0.2) is 26.8 Å². The number of hydrazone groups is 1. The molecule has 10 heteroatoms. The summed E-state index contributed by atoms with van der Waals surface area (Å²) in [5.74, 6) is -0.515. The van der Waals surface area contributed by atoms with E-state index in [0.29, 0.717) is 4.88 Å². The van der Waals surface area contributed by atoms with Gasteiger partial charge >= 0.3 is 5.69 Å². The molecule has 0 unspecified atom stereocenters. The van der Waals surface area contributed by atoms with E-state index in [9.17, 15) is 19.3 Å². The highest BCUT2D eigenvalue weighted by Gasteiger charge is 2.31. The van der Waals surface area contributed by atoms with Gasteiger partial charge in [-0.3, -0.25) is 19.6 Å². The molecule has 116 valence electrons. The molecule has 0 fully saturated rings. The van der Waals surface area contributed by atoms with Gasteiger partial charge in [-0.05, 0) is 26.0 Å². The van der Waals surface area contributed by atoms with Crippen LogP contribution in [0.15, 0.2) is 29.6 Å². The standard InChI is InChI=1S/C12H12FN5O3S/c1-12(2,17-7-8(5-15-17)18(20)21)11(19)16-14-6-9-3-4-10(13)22-9/h3-7H,1-2H3,(H,16,19). The molecule has 8 nitrogen and oxygen atoms in total. The predicted molar refractivity (Wildman–Crippen MR) is 78.2 cm³/mol. The lowest BCUT2D eigenvalue weighted by Gasteiger charge is -2.22. The highest BCUT2D eigenvalue weighted by Crippen LogP contribution is 2.18. The Hall–Kier alpha value is -2.62. The lowest BCUT2D eigenvalue weighted by Crippen LogP contribution is -2.42. The van der Waals surface area contributed by atoms with Gasteiger partial charge in [-0.25, -0.2) is 5.43 Å². The van der Waals surface area contributed by atoms with Gasteiger partial charge in [0.15, 0.2) is 5.13 Å². The van der Waals surface area contributed by atoms with Crippen molar-refractivity contribution in [2.45, 2.75) is 19.4 Å².